The Labute approximate surface area is 93.0 Å². The van der Waals surface area contributed by atoms with E-state index in [2.05, 4.69) is 11.4 Å². The second-order valence-electron chi connectivity index (χ2n) is 5.15. The van der Waals surface area contributed by atoms with Gasteiger partial charge in [0.1, 0.15) is 0 Å². The average molecular weight is 206 g/mol. The lowest BCUT2D eigenvalue weighted by atomic mass is 9.80. The highest BCUT2D eigenvalue weighted by Crippen LogP contribution is 2.30. The Morgan fingerprint density at radius 2 is 1.60 bits per heavy atom. The highest BCUT2D eigenvalue weighted by molar-refractivity contribution is 4.99. The van der Waals surface area contributed by atoms with Crippen molar-refractivity contribution in [2.24, 2.45) is 5.92 Å². The number of nitriles is 1. The lowest BCUT2D eigenvalue weighted by molar-refractivity contribution is 0.243. The predicted molar refractivity (Wildman–Crippen MR) is 61.4 cm³/mol. The van der Waals surface area contributed by atoms with Crippen LogP contribution in [0.25, 0.3) is 0 Å². The van der Waals surface area contributed by atoms with Crippen LogP contribution < -0.4 is 5.32 Å². The fourth-order valence-corrected chi connectivity index (χ4v) is 2.75. The van der Waals surface area contributed by atoms with Crippen molar-refractivity contribution in [1.29, 1.82) is 5.26 Å². The maximum atomic E-state index is 9.15. The van der Waals surface area contributed by atoms with Crippen molar-refractivity contribution < 1.29 is 0 Å². The Morgan fingerprint density at radius 1 is 0.933 bits per heavy atom. The molecule has 0 bridgehead atoms. The van der Waals surface area contributed by atoms with Crippen LogP contribution in [-0.4, -0.2) is 12.1 Å². The molecule has 2 heteroatoms. The molecular formula is C13H22N2. The molecule has 0 amide bonds. The number of hydrogen-bond donors (Lipinski definition) is 1. The second-order valence-corrected chi connectivity index (χ2v) is 5.15. The maximum absolute atomic E-state index is 9.15. The molecule has 0 aromatic rings. The third kappa shape index (κ3) is 2.95. The summed E-state index contributed by atoms with van der Waals surface area (Å²) in [5.41, 5.74) is 0. The van der Waals surface area contributed by atoms with E-state index in [1.807, 2.05) is 0 Å². The fraction of sp³-hybridized carbons (Fsp3) is 0.923. The summed E-state index contributed by atoms with van der Waals surface area (Å²) in [4.78, 5) is 0. The standard InChI is InChI=1S/C13H22N2/c14-10-13(11-6-5-7-11)15-12-8-3-1-2-4-9-12/h11-13,15H,1-9H2. The lowest BCUT2D eigenvalue weighted by Gasteiger charge is -2.32. The van der Waals surface area contributed by atoms with Crippen LogP contribution in [0.4, 0.5) is 0 Å². The molecule has 0 aromatic heterocycles. The molecular weight excluding hydrogens is 184 g/mol. The zero-order valence-electron chi connectivity index (χ0n) is 9.54. The van der Waals surface area contributed by atoms with Crippen molar-refractivity contribution in [3.8, 4) is 6.07 Å². The van der Waals surface area contributed by atoms with Gasteiger partial charge < -0.3 is 0 Å². The van der Waals surface area contributed by atoms with Crippen LogP contribution in [-0.2, 0) is 0 Å². The maximum Gasteiger partial charge on any atom is 0.0983 e. The van der Waals surface area contributed by atoms with Gasteiger partial charge in [-0.05, 0) is 31.6 Å². The van der Waals surface area contributed by atoms with Gasteiger partial charge in [-0.3, -0.25) is 5.32 Å². The topological polar surface area (TPSA) is 35.8 Å². The smallest absolute Gasteiger partial charge is 0.0983 e. The van der Waals surface area contributed by atoms with Crippen LogP contribution in [0.15, 0.2) is 0 Å². The van der Waals surface area contributed by atoms with Crippen LogP contribution in [0.2, 0.25) is 0 Å². The molecule has 2 aliphatic rings. The molecule has 0 heterocycles. The van der Waals surface area contributed by atoms with Crippen LogP contribution in [0, 0.1) is 17.2 Å². The molecule has 2 fully saturated rings. The van der Waals surface area contributed by atoms with Crippen LogP contribution >= 0.6 is 0 Å². The molecule has 2 rings (SSSR count). The van der Waals surface area contributed by atoms with E-state index in [9.17, 15) is 0 Å². The first kappa shape index (κ1) is 11.0. The monoisotopic (exact) mass is 206 g/mol. The Hall–Kier alpha value is -0.550. The second kappa shape index (κ2) is 5.51. The van der Waals surface area contributed by atoms with E-state index in [4.69, 9.17) is 5.26 Å². The van der Waals surface area contributed by atoms with Gasteiger partial charge in [-0.25, -0.2) is 0 Å². The Kier molecular flexibility index (Phi) is 4.02. The van der Waals surface area contributed by atoms with Gasteiger partial charge in [0.2, 0.25) is 0 Å². The quantitative estimate of drug-likeness (QED) is 0.721. The van der Waals surface area contributed by atoms with Crippen molar-refractivity contribution in [3.05, 3.63) is 0 Å². The van der Waals surface area contributed by atoms with Gasteiger partial charge in [-0.2, -0.15) is 5.26 Å². The highest BCUT2D eigenvalue weighted by atomic mass is 15.0. The van der Waals surface area contributed by atoms with Gasteiger partial charge in [0, 0.05) is 6.04 Å². The molecule has 1 atom stereocenters. The number of hydrogen-bond acceptors (Lipinski definition) is 2. The molecule has 0 radical (unpaired) electrons. The third-order valence-corrected chi connectivity index (χ3v) is 4.03. The van der Waals surface area contributed by atoms with E-state index in [-0.39, 0.29) is 6.04 Å². The molecule has 1 unspecified atom stereocenters. The largest absolute Gasteiger partial charge is 0.299 e. The summed E-state index contributed by atoms with van der Waals surface area (Å²) in [5, 5.41) is 12.7. The van der Waals surface area contributed by atoms with Crippen molar-refractivity contribution in [2.45, 2.75) is 69.9 Å². The lowest BCUT2D eigenvalue weighted by Crippen LogP contribution is -2.44. The molecule has 0 saturated heterocycles. The minimum absolute atomic E-state index is 0.141. The Morgan fingerprint density at radius 3 is 2.07 bits per heavy atom. The van der Waals surface area contributed by atoms with Crippen molar-refractivity contribution >= 4 is 0 Å². The van der Waals surface area contributed by atoms with Crippen molar-refractivity contribution in [3.63, 3.8) is 0 Å². The first-order chi connectivity index (χ1) is 7.40. The Balaban J connectivity index is 1.79. The summed E-state index contributed by atoms with van der Waals surface area (Å²) in [7, 11) is 0. The SMILES string of the molecule is N#CC(NC1CCCCCC1)C1CCC1. The number of nitrogens with one attached hydrogen (secondary N) is 1. The normalized spacial score (nSPS) is 26.3. The van der Waals surface area contributed by atoms with E-state index in [1.165, 1.54) is 57.8 Å². The van der Waals surface area contributed by atoms with E-state index in [0.717, 1.165) is 0 Å². The zero-order chi connectivity index (χ0) is 10.5. The van der Waals surface area contributed by atoms with Gasteiger partial charge in [0.25, 0.3) is 0 Å². The van der Waals surface area contributed by atoms with Crippen molar-refractivity contribution in [1.82, 2.24) is 5.32 Å². The van der Waals surface area contributed by atoms with E-state index in [0.29, 0.717) is 12.0 Å². The van der Waals surface area contributed by atoms with Crippen LogP contribution in [0.1, 0.15) is 57.8 Å². The van der Waals surface area contributed by atoms with Gasteiger partial charge >= 0.3 is 0 Å². The summed E-state index contributed by atoms with van der Waals surface area (Å²) >= 11 is 0. The van der Waals surface area contributed by atoms with Gasteiger partial charge in [0.05, 0.1) is 12.1 Å². The van der Waals surface area contributed by atoms with Crippen LogP contribution in [0.3, 0.4) is 0 Å². The number of nitrogens with zero attached hydrogens (tertiary/aromatic N) is 1. The molecule has 2 aliphatic carbocycles. The molecule has 0 aromatic carbocycles. The molecule has 2 nitrogen and oxygen atoms in total. The van der Waals surface area contributed by atoms with E-state index < -0.39 is 0 Å². The summed E-state index contributed by atoms with van der Waals surface area (Å²) < 4.78 is 0. The Bertz CT molecular complexity index is 219. The van der Waals surface area contributed by atoms with E-state index >= 15 is 0 Å². The fourth-order valence-electron chi connectivity index (χ4n) is 2.75. The first-order valence-electron chi connectivity index (χ1n) is 6.56. The summed E-state index contributed by atoms with van der Waals surface area (Å²) in [6.45, 7) is 0. The molecule has 1 N–H and O–H groups in total. The molecule has 2 saturated carbocycles. The minimum Gasteiger partial charge on any atom is -0.299 e. The molecule has 0 aliphatic heterocycles. The summed E-state index contributed by atoms with van der Waals surface area (Å²) in [6, 6.07) is 3.22. The average Bonchev–Trinajstić information content (AvgIpc) is 2.42. The molecule has 15 heavy (non-hydrogen) atoms. The highest BCUT2D eigenvalue weighted by Gasteiger charge is 2.28. The minimum atomic E-state index is 0.141. The predicted octanol–water partition coefficient (Wildman–Crippen LogP) is 2.99. The number of rotatable bonds is 3. The summed E-state index contributed by atoms with van der Waals surface area (Å²) in [6.07, 6.45) is 11.9. The molecule has 84 valence electrons. The van der Waals surface area contributed by atoms with Gasteiger partial charge in [-0.15, -0.1) is 0 Å². The first-order valence-corrected chi connectivity index (χ1v) is 6.56. The van der Waals surface area contributed by atoms with E-state index in [1.54, 1.807) is 0 Å². The zero-order valence-corrected chi connectivity index (χ0v) is 9.54. The van der Waals surface area contributed by atoms with Gasteiger partial charge in [0.15, 0.2) is 0 Å². The van der Waals surface area contributed by atoms with Crippen molar-refractivity contribution in [2.75, 3.05) is 0 Å². The summed E-state index contributed by atoms with van der Waals surface area (Å²) in [5.74, 6) is 0.651. The van der Waals surface area contributed by atoms with Gasteiger partial charge in [-0.1, -0.05) is 32.1 Å². The molecule has 0 spiro atoms. The third-order valence-electron chi connectivity index (χ3n) is 4.03. The van der Waals surface area contributed by atoms with Crippen LogP contribution in [0.5, 0.6) is 0 Å².